The number of hydrogen-bond donors (Lipinski definition) is 1. The average Bonchev–Trinajstić information content (AvgIpc) is 2.33. The number of carbonyl (C=O) groups is 1. The molecule has 0 atom stereocenters. The molecule has 1 N–H and O–H groups in total. The number of nitrogens with one attached hydrogen (secondary N) is 1. The highest BCUT2D eigenvalue weighted by molar-refractivity contribution is 6.29. The van der Waals surface area contributed by atoms with E-state index in [4.69, 9.17) is 11.6 Å². The lowest BCUT2D eigenvalue weighted by molar-refractivity contribution is -0.120. The molecule has 1 fully saturated rings. The smallest absolute Gasteiger partial charge is 0.228 e. The van der Waals surface area contributed by atoms with Gasteiger partial charge < -0.3 is 5.32 Å². The molecule has 1 aromatic rings. The maximum absolute atomic E-state index is 11.8. The predicted molar refractivity (Wildman–Crippen MR) is 62.2 cm³/mol. The van der Waals surface area contributed by atoms with E-state index in [1.807, 2.05) is 0 Å². The third-order valence-corrected chi connectivity index (χ3v) is 3.04. The van der Waals surface area contributed by atoms with Crippen LogP contribution >= 0.6 is 11.6 Å². The van der Waals surface area contributed by atoms with Gasteiger partial charge >= 0.3 is 0 Å². The Kier molecular flexibility index (Phi) is 3.72. The van der Waals surface area contributed by atoms with Crippen LogP contribution in [0.25, 0.3) is 0 Å². The van der Waals surface area contributed by atoms with Gasteiger partial charge in [-0.15, -0.1) is 0 Å². The summed E-state index contributed by atoms with van der Waals surface area (Å²) in [7, 11) is 0. The van der Waals surface area contributed by atoms with Crippen molar-refractivity contribution in [2.24, 2.45) is 5.92 Å². The van der Waals surface area contributed by atoms with Crippen molar-refractivity contribution >= 4 is 23.3 Å². The number of nitrogens with zero attached hydrogens (tertiary/aromatic N) is 2. The van der Waals surface area contributed by atoms with E-state index in [2.05, 4.69) is 15.3 Å². The normalized spacial score (nSPS) is 17.1. The highest BCUT2D eigenvalue weighted by Crippen LogP contribution is 2.24. The summed E-state index contributed by atoms with van der Waals surface area (Å²) >= 11 is 5.61. The highest BCUT2D eigenvalue weighted by atomic mass is 35.5. The van der Waals surface area contributed by atoms with Crippen LogP contribution in [-0.2, 0) is 4.79 Å². The number of rotatable bonds is 2. The van der Waals surface area contributed by atoms with Crippen LogP contribution in [0, 0.1) is 5.92 Å². The quantitative estimate of drug-likeness (QED) is 0.863. The molecule has 1 aliphatic rings. The van der Waals surface area contributed by atoms with Gasteiger partial charge in [0, 0.05) is 5.92 Å². The molecule has 0 unspecified atom stereocenters. The number of halogens is 1. The Bertz CT molecular complexity index is 360. The summed E-state index contributed by atoms with van der Waals surface area (Å²) in [4.78, 5) is 19.7. The molecule has 1 amide bonds. The molecule has 5 heteroatoms. The first kappa shape index (κ1) is 11.3. The van der Waals surface area contributed by atoms with Crippen molar-refractivity contribution in [2.45, 2.75) is 32.1 Å². The van der Waals surface area contributed by atoms with Crippen LogP contribution in [0.3, 0.4) is 0 Å². The van der Waals surface area contributed by atoms with Gasteiger partial charge in [-0.2, -0.15) is 0 Å². The number of anilines is 1. The molecule has 2 rings (SSSR count). The predicted octanol–water partition coefficient (Wildman–Crippen LogP) is 2.65. The number of carbonyl (C=O) groups excluding carboxylic acids is 1. The molecule has 86 valence electrons. The number of amides is 1. The number of aromatic nitrogens is 2. The summed E-state index contributed by atoms with van der Waals surface area (Å²) in [5.74, 6) is 0.655. The van der Waals surface area contributed by atoms with E-state index in [1.165, 1.54) is 18.8 Å². The van der Waals surface area contributed by atoms with E-state index in [9.17, 15) is 4.79 Å². The Labute approximate surface area is 99.4 Å². The maximum Gasteiger partial charge on any atom is 0.228 e. The summed E-state index contributed by atoms with van der Waals surface area (Å²) in [6.07, 6.45) is 8.39. The second kappa shape index (κ2) is 5.25. The van der Waals surface area contributed by atoms with Crippen LogP contribution < -0.4 is 5.32 Å². The molecule has 1 aliphatic carbocycles. The molecule has 16 heavy (non-hydrogen) atoms. The molecule has 0 aliphatic heterocycles. The monoisotopic (exact) mass is 239 g/mol. The Balaban J connectivity index is 1.93. The molecular formula is C11H14ClN3O. The van der Waals surface area contributed by atoms with Gasteiger partial charge in [0.25, 0.3) is 0 Å². The minimum Gasteiger partial charge on any atom is -0.309 e. The van der Waals surface area contributed by atoms with Gasteiger partial charge in [-0.3, -0.25) is 4.79 Å². The maximum atomic E-state index is 11.8. The molecule has 0 spiro atoms. The minimum atomic E-state index is 0.0522. The second-order valence-electron chi connectivity index (χ2n) is 4.05. The lowest BCUT2D eigenvalue weighted by Gasteiger charge is -2.20. The molecule has 0 radical (unpaired) electrons. The molecule has 1 saturated carbocycles. The van der Waals surface area contributed by atoms with E-state index in [1.54, 1.807) is 0 Å². The summed E-state index contributed by atoms with van der Waals surface area (Å²) in [5.41, 5.74) is 0. The Hall–Kier alpha value is -1.16. The molecule has 0 aromatic carbocycles. The van der Waals surface area contributed by atoms with Crippen LogP contribution in [-0.4, -0.2) is 15.9 Å². The van der Waals surface area contributed by atoms with E-state index in [0.29, 0.717) is 11.0 Å². The topological polar surface area (TPSA) is 54.9 Å². The van der Waals surface area contributed by atoms with E-state index < -0.39 is 0 Å². The highest BCUT2D eigenvalue weighted by Gasteiger charge is 2.21. The van der Waals surface area contributed by atoms with Crippen molar-refractivity contribution < 1.29 is 4.79 Å². The zero-order chi connectivity index (χ0) is 11.4. The van der Waals surface area contributed by atoms with Gasteiger partial charge in [0.1, 0.15) is 5.15 Å². The summed E-state index contributed by atoms with van der Waals surface area (Å²) in [6, 6.07) is 0. The Morgan fingerprint density at radius 3 is 2.62 bits per heavy atom. The van der Waals surface area contributed by atoms with Gasteiger partial charge in [-0.25, -0.2) is 9.97 Å². The number of hydrogen-bond acceptors (Lipinski definition) is 3. The van der Waals surface area contributed by atoms with E-state index >= 15 is 0 Å². The van der Waals surface area contributed by atoms with Crippen molar-refractivity contribution in [3.8, 4) is 0 Å². The second-order valence-corrected chi connectivity index (χ2v) is 4.44. The first-order valence-corrected chi connectivity index (χ1v) is 5.92. The van der Waals surface area contributed by atoms with Crippen molar-refractivity contribution in [2.75, 3.05) is 5.32 Å². The molecule has 1 aromatic heterocycles. The van der Waals surface area contributed by atoms with Crippen molar-refractivity contribution in [3.05, 3.63) is 17.5 Å². The molecule has 0 saturated heterocycles. The van der Waals surface area contributed by atoms with Crippen molar-refractivity contribution in [3.63, 3.8) is 0 Å². The Morgan fingerprint density at radius 1 is 1.25 bits per heavy atom. The molecule has 4 nitrogen and oxygen atoms in total. The van der Waals surface area contributed by atoms with Gasteiger partial charge in [0.2, 0.25) is 5.91 Å². The summed E-state index contributed by atoms with van der Waals surface area (Å²) in [5, 5.41) is 3.10. The first-order valence-electron chi connectivity index (χ1n) is 5.54. The van der Waals surface area contributed by atoms with Crippen LogP contribution in [0.5, 0.6) is 0 Å². The van der Waals surface area contributed by atoms with Crippen molar-refractivity contribution in [1.82, 2.24) is 9.97 Å². The zero-order valence-corrected chi connectivity index (χ0v) is 9.70. The van der Waals surface area contributed by atoms with Crippen LogP contribution in [0.1, 0.15) is 32.1 Å². The lowest BCUT2D eigenvalue weighted by atomic mass is 9.89. The summed E-state index contributed by atoms with van der Waals surface area (Å²) in [6.45, 7) is 0. The van der Waals surface area contributed by atoms with Gasteiger partial charge in [0.05, 0.1) is 12.4 Å². The first-order chi connectivity index (χ1) is 7.75. The standard InChI is InChI=1S/C11H14ClN3O/c12-9-6-14-10(7-13-9)15-11(16)8-4-2-1-3-5-8/h6-8H,1-5H2,(H,14,15,16). The van der Waals surface area contributed by atoms with Crippen molar-refractivity contribution in [1.29, 1.82) is 0 Å². The average molecular weight is 240 g/mol. The largest absolute Gasteiger partial charge is 0.309 e. The third kappa shape index (κ3) is 2.92. The fraction of sp³-hybridized carbons (Fsp3) is 0.545. The SMILES string of the molecule is O=C(Nc1cnc(Cl)cn1)C1CCCCC1. The van der Waals surface area contributed by atoms with Crippen LogP contribution in [0.2, 0.25) is 5.15 Å². The molecular weight excluding hydrogens is 226 g/mol. The van der Waals surface area contributed by atoms with Gasteiger partial charge in [0.15, 0.2) is 5.82 Å². The van der Waals surface area contributed by atoms with E-state index in [-0.39, 0.29) is 11.8 Å². The fourth-order valence-electron chi connectivity index (χ4n) is 1.97. The molecule has 1 heterocycles. The third-order valence-electron chi connectivity index (χ3n) is 2.85. The Morgan fingerprint density at radius 2 is 2.00 bits per heavy atom. The van der Waals surface area contributed by atoms with Gasteiger partial charge in [-0.1, -0.05) is 30.9 Å². The summed E-state index contributed by atoms with van der Waals surface area (Å²) < 4.78 is 0. The van der Waals surface area contributed by atoms with Gasteiger partial charge in [-0.05, 0) is 12.8 Å². The zero-order valence-electron chi connectivity index (χ0n) is 8.95. The van der Waals surface area contributed by atoms with Crippen LogP contribution in [0.4, 0.5) is 5.82 Å². The molecule has 0 bridgehead atoms. The lowest BCUT2D eigenvalue weighted by Crippen LogP contribution is -2.25. The minimum absolute atomic E-state index is 0.0522. The van der Waals surface area contributed by atoms with Crippen LogP contribution in [0.15, 0.2) is 12.4 Å². The van der Waals surface area contributed by atoms with E-state index in [0.717, 1.165) is 25.7 Å². The fourth-order valence-corrected chi connectivity index (χ4v) is 2.07.